The van der Waals surface area contributed by atoms with Gasteiger partial charge in [-0.2, -0.15) is 0 Å². The lowest BCUT2D eigenvalue weighted by molar-refractivity contribution is 0.103. The minimum absolute atomic E-state index is 0.170. The largest absolute Gasteiger partial charge is 0.493 e. The van der Waals surface area contributed by atoms with E-state index in [0.29, 0.717) is 27.8 Å². The zero-order valence-corrected chi connectivity index (χ0v) is 14.5. The van der Waals surface area contributed by atoms with Crippen molar-refractivity contribution in [3.8, 4) is 5.75 Å². The number of ketones is 1. The van der Waals surface area contributed by atoms with E-state index >= 15 is 0 Å². The maximum Gasteiger partial charge on any atom is 0.208 e. The number of ether oxygens (including phenoxy) is 1. The number of thiophene rings is 1. The molecule has 1 aromatic carbocycles. The number of rotatable bonds is 4. The standard InChI is InChI=1S/C18H17FN2O2S/c1-4-23-14-6-5-11(19)8-12(14)16(22)17-15(20)13-7-9(2)10(3)21-18(13)24-17/h5-8H,4,20H2,1-3H3. The van der Waals surface area contributed by atoms with E-state index in [9.17, 15) is 9.18 Å². The highest BCUT2D eigenvalue weighted by Gasteiger charge is 2.22. The molecule has 0 atom stereocenters. The average molecular weight is 344 g/mol. The van der Waals surface area contributed by atoms with Crippen LogP contribution >= 0.6 is 11.3 Å². The molecule has 0 unspecified atom stereocenters. The van der Waals surface area contributed by atoms with Gasteiger partial charge in [0.25, 0.3) is 0 Å². The molecule has 3 rings (SSSR count). The lowest BCUT2D eigenvalue weighted by Gasteiger charge is -2.09. The zero-order chi connectivity index (χ0) is 17.4. The van der Waals surface area contributed by atoms with Crippen molar-refractivity contribution in [1.29, 1.82) is 0 Å². The van der Waals surface area contributed by atoms with E-state index in [-0.39, 0.29) is 11.3 Å². The molecule has 3 aromatic rings. The Bertz CT molecular complexity index is 950. The summed E-state index contributed by atoms with van der Waals surface area (Å²) in [5.74, 6) is -0.499. The van der Waals surface area contributed by atoms with Crippen molar-refractivity contribution in [2.75, 3.05) is 12.3 Å². The molecule has 0 fully saturated rings. The number of aryl methyl sites for hydroxylation is 2. The maximum absolute atomic E-state index is 13.6. The summed E-state index contributed by atoms with van der Waals surface area (Å²) in [6.45, 7) is 6.04. The van der Waals surface area contributed by atoms with Gasteiger partial charge in [-0.15, -0.1) is 11.3 Å². The van der Waals surface area contributed by atoms with Gasteiger partial charge in [0, 0.05) is 11.1 Å². The Morgan fingerprint density at radius 3 is 2.79 bits per heavy atom. The van der Waals surface area contributed by atoms with Gasteiger partial charge in [0.1, 0.15) is 21.3 Å². The third-order valence-corrected chi connectivity index (χ3v) is 4.97. The molecular formula is C18H17FN2O2S. The van der Waals surface area contributed by atoms with Crippen molar-refractivity contribution >= 4 is 33.0 Å². The number of anilines is 1. The van der Waals surface area contributed by atoms with Gasteiger partial charge in [0.05, 0.1) is 17.9 Å². The first-order valence-corrected chi connectivity index (χ1v) is 8.37. The van der Waals surface area contributed by atoms with E-state index in [0.717, 1.165) is 16.6 Å². The topological polar surface area (TPSA) is 65.2 Å². The van der Waals surface area contributed by atoms with Crippen molar-refractivity contribution in [1.82, 2.24) is 4.98 Å². The summed E-state index contributed by atoms with van der Waals surface area (Å²) in [7, 11) is 0. The molecule has 0 bridgehead atoms. The Morgan fingerprint density at radius 2 is 2.08 bits per heavy atom. The number of nitrogen functional groups attached to an aromatic ring is 1. The van der Waals surface area contributed by atoms with E-state index in [1.165, 1.54) is 29.5 Å². The van der Waals surface area contributed by atoms with Gasteiger partial charge in [-0.05, 0) is 50.6 Å². The Balaban J connectivity index is 2.16. The smallest absolute Gasteiger partial charge is 0.208 e. The second-order valence-corrected chi connectivity index (χ2v) is 6.49. The summed E-state index contributed by atoms with van der Waals surface area (Å²) >= 11 is 1.22. The van der Waals surface area contributed by atoms with Gasteiger partial charge in [-0.25, -0.2) is 9.37 Å². The van der Waals surface area contributed by atoms with Crippen molar-refractivity contribution in [2.45, 2.75) is 20.8 Å². The van der Waals surface area contributed by atoms with Gasteiger partial charge in [0.15, 0.2) is 0 Å². The number of nitrogens with zero attached hydrogens (tertiary/aromatic N) is 1. The predicted octanol–water partition coefficient (Wildman–Crippen LogP) is 4.26. The Kier molecular flexibility index (Phi) is 4.24. The summed E-state index contributed by atoms with van der Waals surface area (Å²) in [4.78, 5) is 18.5. The normalized spacial score (nSPS) is 11.0. The summed E-state index contributed by atoms with van der Waals surface area (Å²) in [6.07, 6.45) is 0. The fourth-order valence-corrected chi connectivity index (χ4v) is 3.56. The van der Waals surface area contributed by atoms with Crippen LogP contribution in [0, 0.1) is 19.7 Å². The number of benzene rings is 1. The molecule has 24 heavy (non-hydrogen) atoms. The number of pyridine rings is 1. The number of hydrogen-bond acceptors (Lipinski definition) is 5. The van der Waals surface area contributed by atoms with E-state index in [1.807, 2.05) is 19.9 Å². The number of aromatic nitrogens is 1. The number of carbonyl (C=O) groups excluding carboxylic acids is 1. The molecule has 0 saturated heterocycles. The fraction of sp³-hybridized carbons (Fsp3) is 0.222. The number of carbonyl (C=O) groups is 1. The molecule has 0 saturated carbocycles. The van der Waals surface area contributed by atoms with Gasteiger partial charge in [-0.1, -0.05) is 0 Å². The third kappa shape index (κ3) is 2.73. The number of fused-ring (bicyclic) bond motifs is 1. The van der Waals surface area contributed by atoms with E-state index in [2.05, 4.69) is 4.98 Å². The first kappa shape index (κ1) is 16.4. The van der Waals surface area contributed by atoms with Crippen molar-refractivity contribution in [3.05, 3.63) is 51.8 Å². The predicted molar refractivity (Wildman–Crippen MR) is 94.5 cm³/mol. The quantitative estimate of drug-likeness (QED) is 0.718. The highest BCUT2D eigenvalue weighted by atomic mass is 32.1. The number of nitrogens with two attached hydrogens (primary N) is 1. The molecule has 0 aliphatic heterocycles. The van der Waals surface area contributed by atoms with Crippen LogP contribution in [0.4, 0.5) is 10.1 Å². The Hall–Kier alpha value is -2.47. The molecule has 0 amide bonds. The number of hydrogen-bond donors (Lipinski definition) is 1. The maximum atomic E-state index is 13.6. The zero-order valence-electron chi connectivity index (χ0n) is 13.6. The highest BCUT2D eigenvalue weighted by molar-refractivity contribution is 7.21. The second kappa shape index (κ2) is 6.20. The molecule has 0 aliphatic carbocycles. The van der Waals surface area contributed by atoms with Crippen LogP contribution in [0.1, 0.15) is 33.4 Å². The second-order valence-electron chi connectivity index (χ2n) is 5.49. The van der Waals surface area contributed by atoms with Crippen LogP contribution in [0.3, 0.4) is 0 Å². The lowest BCUT2D eigenvalue weighted by atomic mass is 10.1. The molecule has 2 heterocycles. The minimum atomic E-state index is -0.494. The van der Waals surface area contributed by atoms with Crippen LogP contribution in [0.25, 0.3) is 10.2 Å². The van der Waals surface area contributed by atoms with Crippen molar-refractivity contribution < 1.29 is 13.9 Å². The molecule has 0 spiro atoms. The molecule has 0 aliphatic rings. The van der Waals surface area contributed by atoms with Crippen LogP contribution < -0.4 is 10.5 Å². The minimum Gasteiger partial charge on any atom is -0.493 e. The SMILES string of the molecule is CCOc1ccc(F)cc1C(=O)c1sc2nc(C)c(C)cc2c1N. The van der Waals surface area contributed by atoms with E-state index < -0.39 is 5.82 Å². The van der Waals surface area contributed by atoms with Crippen LogP contribution in [0.5, 0.6) is 5.75 Å². The van der Waals surface area contributed by atoms with Gasteiger partial charge in [-0.3, -0.25) is 4.79 Å². The first-order valence-electron chi connectivity index (χ1n) is 7.55. The Labute approximate surface area is 143 Å². The monoisotopic (exact) mass is 344 g/mol. The van der Waals surface area contributed by atoms with Crippen LogP contribution in [-0.4, -0.2) is 17.4 Å². The molecule has 2 aromatic heterocycles. The molecule has 0 radical (unpaired) electrons. The first-order chi connectivity index (χ1) is 11.4. The fourth-order valence-electron chi connectivity index (χ4n) is 2.48. The van der Waals surface area contributed by atoms with Gasteiger partial charge in [0.2, 0.25) is 5.78 Å². The molecule has 6 heteroatoms. The lowest BCUT2D eigenvalue weighted by Crippen LogP contribution is -2.06. The summed E-state index contributed by atoms with van der Waals surface area (Å²) in [5.41, 5.74) is 8.62. The van der Waals surface area contributed by atoms with Crippen LogP contribution in [0.15, 0.2) is 24.3 Å². The van der Waals surface area contributed by atoms with E-state index in [1.54, 1.807) is 6.92 Å². The third-order valence-electron chi connectivity index (χ3n) is 3.86. The summed E-state index contributed by atoms with van der Waals surface area (Å²) in [5, 5.41) is 0.751. The summed E-state index contributed by atoms with van der Waals surface area (Å²) in [6, 6.07) is 5.84. The molecule has 4 nitrogen and oxygen atoms in total. The molecular weight excluding hydrogens is 327 g/mol. The van der Waals surface area contributed by atoms with Crippen LogP contribution in [-0.2, 0) is 0 Å². The summed E-state index contributed by atoms with van der Waals surface area (Å²) < 4.78 is 19.1. The van der Waals surface area contributed by atoms with E-state index in [4.69, 9.17) is 10.5 Å². The number of halogens is 1. The highest BCUT2D eigenvalue weighted by Crippen LogP contribution is 2.36. The van der Waals surface area contributed by atoms with Crippen LogP contribution in [0.2, 0.25) is 0 Å². The molecule has 2 N–H and O–H groups in total. The Morgan fingerprint density at radius 1 is 1.33 bits per heavy atom. The van der Waals surface area contributed by atoms with Gasteiger partial charge < -0.3 is 10.5 Å². The van der Waals surface area contributed by atoms with Gasteiger partial charge >= 0.3 is 0 Å². The molecule has 124 valence electrons. The van der Waals surface area contributed by atoms with Crippen molar-refractivity contribution in [3.63, 3.8) is 0 Å². The average Bonchev–Trinajstić information content (AvgIpc) is 2.86. The van der Waals surface area contributed by atoms with Crippen molar-refractivity contribution in [2.24, 2.45) is 0 Å².